The van der Waals surface area contributed by atoms with E-state index >= 15 is 0 Å². The minimum absolute atomic E-state index is 0.158. The summed E-state index contributed by atoms with van der Waals surface area (Å²) in [6.07, 6.45) is 0.578. The Kier molecular flexibility index (Phi) is 6.49. The van der Waals surface area contributed by atoms with Crippen LogP contribution in [0.4, 0.5) is 5.69 Å². The highest BCUT2D eigenvalue weighted by Gasteiger charge is 2.13. The summed E-state index contributed by atoms with van der Waals surface area (Å²) < 4.78 is 7.18. The molecule has 3 N–H and O–H groups in total. The molecule has 4 aromatic rings. The highest BCUT2D eigenvalue weighted by molar-refractivity contribution is 7.99. The van der Waals surface area contributed by atoms with Gasteiger partial charge in [0, 0.05) is 12.1 Å². The number of para-hydroxylation sites is 1. The molecule has 31 heavy (non-hydrogen) atoms. The van der Waals surface area contributed by atoms with Crippen LogP contribution >= 0.6 is 11.8 Å². The van der Waals surface area contributed by atoms with Crippen molar-refractivity contribution in [3.8, 4) is 11.5 Å². The van der Waals surface area contributed by atoms with Crippen molar-refractivity contribution in [2.24, 2.45) is 0 Å². The zero-order chi connectivity index (χ0) is 21.5. The van der Waals surface area contributed by atoms with Gasteiger partial charge in [-0.1, -0.05) is 60.3 Å². The number of benzene rings is 3. The average molecular weight is 432 g/mol. The molecule has 7 nitrogen and oxygen atoms in total. The number of carbonyl (C=O) groups excluding carboxylic acids is 1. The first-order valence-corrected chi connectivity index (χ1v) is 10.6. The Morgan fingerprint density at radius 1 is 0.903 bits per heavy atom. The van der Waals surface area contributed by atoms with E-state index in [0.29, 0.717) is 28.8 Å². The molecular weight excluding hydrogens is 410 g/mol. The number of hydrogen-bond donors (Lipinski definition) is 2. The number of ether oxygens (including phenoxy) is 1. The predicted molar refractivity (Wildman–Crippen MR) is 122 cm³/mol. The molecule has 0 fully saturated rings. The minimum Gasteiger partial charge on any atom is -0.457 e. The van der Waals surface area contributed by atoms with Gasteiger partial charge in [-0.25, -0.2) is 4.68 Å². The number of nitrogen functional groups attached to an aromatic ring is 1. The number of amides is 1. The van der Waals surface area contributed by atoms with Crippen LogP contribution < -0.4 is 15.9 Å². The summed E-state index contributed by atoms with van der Waals surface area (Å²) >= 11 is 1.24. The lowest BCUT2D eigenvalue weighted by atomic mass is 10.1. The topological polar surface area (TPSA) is 95.1 Å². The summed E-state index contributed by atoms with van der Waals surface area (Å²) in [6, 6.07) is 26.6. The average Bonchev–Trinajstić information content (AvgIpc) is 3.14. The van der Waals surface area contributed by atoms with Gasteiger partial charge in [-0.15, -0.1) is 10.2 Å². The molecule has 0 aliphatic carbocycles. The van der Waals surface area contributed by atoms with Gasteiger partial charge in [0.2, 0.25) is 11.1 Å². The van der Waals surface area contributed by atoms with Gasteiger partial charge in [0.05, 0.1) is 5.75 Å². The van der Waals surface area contributed by atoms with Crippen molar-refractivity contribution >= 4 is 23.4 Å². The van der Waals surface area contributed by atoms with E-state index in [0.717, 1.165) is 11.3 Å². The molecule has 1 heterocycles. The molecule has 0 radical (unpaired) electrons. The Morgan fingerprint density at radius 2 is 1.55 bits per heavy atom. The fourth-order valence-corrected chi connectivity index (χ4v) is 3.54. The van der Waals surface area contributed by atoms with Crippen LogP contribution in [-0.2, 0) is 11.2 Å². The van der Waals surface area contributed by atoms with Crippen molar-refractivity contribution in [3.63, 3.8) is 0 Å². The Bertz CT molecular complexity index is 1130. The van der Waals surface area contributed by atoms with Crippen molar-refractivity contribution in [3.05, 3.63) is 96.3 Å². The number of anilines is 1. The molecule has 0 unspecified atom stereocenters. The molecule has 4 rings (SSSR count). The molecule has 1 amide bonds. The van der Waals surface area contributed by atoms with Crippen molar-refractivity contribution < 1.29 is 9.53 Å². The van der Waals surface area contributed by atoms with E-state index in [4.69, 9.17) is 10.6 Å². The Labute approximate surface area is 184 Å². The van der Waals surface area contributed by atoms with Gasteiger partial charge in [-0.05, 0) is 42.0 Å². The SMILES string of the molecule is Nn1c(Cc2ccccc2)nnc1SCC(=O)Nc1ccc(Oc2ccccc2)cc1. The van der Waals surface area contributed by atoms with Gasteiger partial charge < -0.3 is 15.9 Å². The molecule has 156 valence electrons. The van der Waals surface area contributed by atoms with Crippen LogP contribution in [0.2, 0.25) is 0 Å². The first-order chi connectivity index (χ1) is 15.2. The molecule has 0 aliphatic rings. The third kappa shape index (κ3) is 5.64. The maximum absolute atomic E-state index is 12.3. The number of thioether (sulfide) groups is 1. The van der Waals surface area contributed by atoms with Crippen molar-refractivity contribution in [2.45, 2.75) is 11.6 Å². The number of carbonyl (C=O) groups is 1. The van der Waals surface area contributed by atoms with Gasteiger partial charge in [0.1, 0.15) is 11.5 Å². The molecule has 0 atom stereocenters. The van der Waals surface area contributed by atoms with Crippen LogP contribution in [0.3, 0.4) is 0 Å². The van der Waals surface area contributed by atoms with Gasteiger partial charge in [0.15, 0.2) is 5.82 Å². The second-order valence-electron chi connectivity index (χ2n) is 6.71. The molecular formula is C23H21N5O2S. The van der Waals surface area contributed by atoms with Crippen LogP contribution in [0.25, 0.3) is 0 Å². The van der Waals surface area contributed by atoms with Crippen molar-refractivity contribution in [1.82, 2.24) is 14.9 Å². The third-order valence-corrected chi connectivity index (χ3v) is 5.33. The summed E-state index contributed by atoms with van der Waals surface area (Å²) in [5, 5.41) is 11.6. The first kappa shape index (κ1) is 20.5. The minimum atomic E-state index is -0.158. The lowest BCUT2D eigenvalue weighted by Gasteiger charge is -2.08. The Balaban J connectivity index is 1.28. The van der Waals surface area contributed by atoms with Gasteiger partial charge in [-0.3, -0.25) is 4.79 Å². The Morgan fingerprint density at radius 3 is 2.26 bits per heavy atom. The summed E-state index contributed by atoms with van der Waals surface area (Å²) in [5.74, 6) is 8.20. The molecule has 0 saturated carbocycles. The lowest BCUT2D eigenvalue weighted by molar-refractivity contribution is -0.113. The summed E-state index contributed by atoms with van der Waals surface area (Å²) in [6.45, 7) is 0. The van der Waals surface area contributed by atoms with Crippen LogP contribution in [0.1, 0.15) is 11.4 Å². The quantitative estimate of drug-likeness (QED) is 0.322. The third-order valence-electron chi connectivity index (χ3n) is 4.39. The van der Waals surface area contributed by atoms with Crippen molar-refractivity contribution in [1.29, 1.82) is 0 Å². The maximum Gasteiger partial charge on any atom is 0.234 e. The van der Waals surface area contributed by atoms with E-state index in [1.165, 1.54) is 16.4 Å². The van der Waals surface area contributed by atoms with Gasteiger partial charge in [0.25, 0.3) is 0 Å². The maximum atomic E-state index is 12.3. The molecule has 0 bridgehead atoms. The van der Waals surface area contributed by atoms with E-state index in [1.807, 2.05) is 72.8 Å². The lowest BCUT2D eigenvalue weighted by Crippen LogP contribution is -2.17. The number of nitrogens with two attached hydrogens (primary N) is 1. The molecule has 8 heteroatoms. The number of nitrogens with zero attached hydrogens (tertiary/aromatic N) is 3. The fraction of sp³-hybridized carbons (Fsp3) is 0.0870. The van der Waals surface area contributed by atoms with Crippen LogP contribution in [0.15, 0.2) is 90.1 Å². The van der Waals surface area contributed by atoms with Crippen LogP contribution in [0.5, 0.6) is 11.5 Å². The highest BCUT2D eigenvalue weighted by atomic mass is 32.2. The van der Waals surface area contributed by atoms with Crippen molar-refractivity contribution in [2.75, 3.05) is 16.9 Å². The normalized spacial score (nSPS) is 10.6. The number of rotatable bonds is 8. The van der Waals surface area contributed by atoms with E-state index in [2.05, 4.69) is 15.5 Å². The number of aromatic nitrogens is 3. The van der Waals surface area contributed by atoms with E-state index in [9.17, 15) is 4.79 Å². The number of hydrogen-bond acceptors (Lipinski definition) is 6. The van der Waals surface area contributed by atoms with E-state index < -0.39 is 0 Å². The summed E-state index contributed by atoms with van der Waals surface area (Å²) in [7, 11) is 0. The highest BCUT2D eigenvalue weighted by Crippen LogP contribution is 2.23. The number of nitrogens with one attached hydrogen (secondary N) is 1. The summed E-state index contributed by atoms with van der Waals surface area (Å²) in [5.41, 5.74) is 1.78. The zero-order valence-electron chi connectivity index (χ0n) is 16.6. The molecule has 1 aromatic heterocycles. The standard InChI is InChI=1S/C23H21N5O2S/c24-28-21(15-17-7-3-1-4-8-17)26-27-23(28)31-16-22(29)25-18-11-13-20(14-12-18)30-19-9-5-2-6-10-19/h1-14H,15-16,24H2,(H,25,29). The zero-order valence-corrected chi connectivity index (χ0v) is 17.5. The molecule has 0 saturated heterocycles. The fourth-order valence-electron chi connectivity index (χ4n) is 2.86. The second kappa shape index (κ2) is 9.82. The second-order valence-corrected chi connectivity index (χ2v) is 7.65. The Hall–Kier alpha value is -3.78. The van der Waals surface area contributed by atoms with E-state index in [1.54, 1.807) is 12.1 Å². The summed E-state index contributed by atoms with van der Waals surface area (Å²) in [4.78, 5) is 12.3. The monoisotopic (exact) mass is 431 g/mol. The van der Waals surface area contributed by atoms with Gasteiger partial charge in [-0.2, -0.15) is 0 Å². The smallest absolute Gasteiger partial charge is 0.234 e. The predicted octanol–water partition coefficient (Wildman–Crippen LogP) is 4.11. The largest absolute Gasteiger partial charge is 0.457 e. The molecule has 0 aliphatic heterocycles. The molecule has 0 spiro atoms. The van der Waals surface area contributed by atoms with Crippen LogP contribution in [-0.4, -0.2) is 26.5 Å². The van der Waals surface area contributed by atoms with Gasteiger partial charge >= 0.3 is 0 Å². The first-order valence-electron chi connectivity index (χ1n) is 9.66. The van der Waals surface area contributed by atoms with E-state index in [-0.39, 0.29) is 11.7 Å². The molecule has 3 aromatic carbocycles. The van der Waals surface area contributed by atoms with Crippen LogP contribution in [0, 0.1) is 0 Å².